The summed E-state index contributed by atoms with van der Waals surface area (Å²) in [7, 11) is 2.61. The second kappa shape index (κ2) is 7.59. The molecule has 0 radical (unpaired) electrons. The van der Waals surface area contributed by atoms with Crippen molar-refractivity contribution in [2.24, 2.45) is 0 Å². The average molecular weight is 363 g/mol. The molecular formula is C19H19F2NO4. The summed E-state index contributed by atoms with van der Waals surface area (Å²) in [5.41, 5.74) is 1.42. The van der Waals surface area contributed by atoms with Crippen molar-refractivity contribution in [3.05, 3.63) is 53.6 Å². The lowest BCUT2D eigenvalue weighted by molar-refractivity contribution is -0.0526. The summed E-state index contributed by atoms with van der Waals surface area (Å²) in [5.74, 6) is -0.274. The highest BCUT2D eigenvalue weighted by Crippen LogP contribution is 2.42. The van der Waals surface area contributed by atoms with Gasteiger partial charge in [-0.15, -0.1) is 0 Å². The maximum atomic E-state index is 12.6. The van der Waals surface area contributed by atoms with Crippen molar-refractivity contribution in [1.82, 2.24) is 5.32 Å². The number of rotatable bonds is 7. The van der Waals surface area contributed by atoms with Crippen LogP contribution in [0.5, 0.6) is 17.2 Å². The zero-order valence-corrected chi connectivity index (χ0v) is 14.4. The lowest BCUT2D eigenvalue weighted by Gasteiger charge is -2.15. The Balaban J connectivity index is 1.75. The van der Waals surface area contributed by atoms with Crippen LogP contribution in [0.3, 0.4) is 0 Å². The topological polar surface area (TPSA) is 56.8 Å². The third-order valence-electron chi connectivity index (χ3n) is 4.26. The Morgan fingerprint density at radius 1 is 1.12 bits per heavy atom. The van der Waals surface area contributed by atoms with Crippen molar-refractivity contribution in [2.45, 2.75) is 25.0 Å². The summed E-state index contributed by atoms with van der Waals surface area (Å²) in [6.07, 6.45) is 0.858. The Morgan fingerprint density at radius 2 is 1.73 bits per heavy atom. The molecule has 1 aliphatic rings. The highest BCUT2D eigenvalue weighted by atomic mass is 19.3. The van der Waals surface area contributed by atoms with Crippen LogP contribution in [0.2, 0.25) is 0 Å². The van der Waals surface area contributed by atoms with Gasteiger partial charge in [0.15, 0.2) is 11.5 Å². The van der Waals surface area contributed by atoms with E-state index in [1.807, 2.05) is 30.3 Å². The van der Waals surface area contributed by atoms with E-state index in [2.05, 4.69) is 10.1 Å². The minimum absolute atomic E-state index is 0.00482. The minimum atomic E-state index is -3.03. The number of carbonyl (C=O) groups is 1. The van der Waals surface area contributed by atoms with Crippen LogP contribution in [0.1, 0.15) is 28.3 Å². The Hall–Kier alpha value is -2.83. The molecule has 0 saturated heterocycles. The molecule has 1 amide bonds. The molecule has 0 aromatic heterocycles. The van der Waals surface area contributed by atoms with Gasteiger partial charge in [-0.3, -0.25) is 4.79 Å². The largest absolute Gasteiger partial charge is 0.493 e. The van der Waals surface area contributed by atoms with Crippen LogP contribution >= 0.6 is 0 Å². The molecule has 1 N–H and O–H groups in total. The second-order valence-corrected chi connectivity index (χ2v) is 5.92. The van der Waals surface area contributed by atoms with Crippen LogP contribution in [0, 0.1) is 0 Å². The first kappa shape index (κ1) is 18.0. The van der Waals surface area contributed by atoms with Crippen molar-refractivity contribution in [3.8, 4) is 17.2 Å². The number of methoxy groups -OCH3 is 2. The van der Waals surface area contributed by atoms with E-state index in [1.165, 1.54) is 31.9 Å². The van der Waals surface area contributed by atoms with E-state index in [9.17, 15) is 13.6 Å². The van der Waals surface area contributed by atoms with Gasteiger partial charge in [0, 0.05) is 17.5 Å². The monoisotopic (exact) mass is 363 g/mol. The lowest BCUT2D eigenvalue weighted by atomic mass is 10.1. The zero-order valence-electron chi connectivity index (χ0n) is 14.4. The highest BCUT2D eigenvalue weighted by Gasteiger charge is 2.39. The van der Waals surface area contributed by atoms with Crippen LogP contribution < -0.4 is 19.5 Å². The molecule has 2 aromatic carbocycles. The standard InChI is InChI=1S/C19H19F2NO4/c1-24-15-8-12(9-16(25-2)17(15)26-19(20)21)18(23)22-14-10-13(14)11-6-4-3-5-7-11/h3-9,13-14,19H,10H2,1-2H3,(H,22,23). The van der Waals surface area contributed by atoms with Crippen molar-refractivity contribution in [3.63, 3.8) is 0 Å². The molecule has 1 aliphatic carbocycles. The SMILES string of the molecule is COc1cc(C(=O)NC2CC2c2ccccc2)cc(OC)c1OC(F)F. The molecule has 0 bridgehead atoms. The van der Waals surface area contributed by atoms with E-state index in [0.29, 0.717) is 0 Å². The molecule has 0 heterocycles. The fraction of sp³-hybridized carbons (Fsp3) is 0.316. The average Bonchev–Trinajstić information content (AvgIpc) is 3.41. The van der Waals surface area contributed by atoms with E-state index in [1.54, 1.807) is 0 Å². The number of nitrogens with one attached hydrogen (secondary N) is 1. The number of ether oxygens (including phenoxy) is 3. The summed E-state index contributed by atoms with van der Waals surface area (Å²) in [6, 6.07) is 12.7. The van der Waals surface area contributed by atoms with Gasteiger partial charge in [0.2, 0.25) is 5.75 Å². The summed E-state index contributed by atoms with van der Waals surface area (Å²) < 4.78 is 39.8. The van der Waals surface area contributed by atoms with Crippen LogP contribution in [0.4, 0.5) is 8.78 Å². The van der Waals surface area contributed by atoms with E-state index < -0.39 is 6.61 Å². The molecule has 0 spiro atoms. The number of amides is 1. The predicted molar refractivity (Wildman–Crippen MR) is 91.2 cm³/mol. The van der Waals surface area contributed by atoms with E-state index in [4.69, 9.17) is 9.47 Å². The van der Waals surface area contributed by atoms with Gasteiger partial charge in [-0.1, -0.05) is 30.3 Å². The van der Waals surface area contributed by atoms with Crippen LogP contribution in [0.25, 0.3) is 0 Å². The molecule has 7 heteroatoms. The van der Waals surface area contributed by atoms with Gasteiger partial charge in [-0.2, -0.15) is 8.78 Å². The lowest BCUT2D eigenvalue weighted by Crippen LogP contribution is -2.26. The fourth-order valence-electron chi connectivity index (χ4n) is 2.89. The molecule has 1 saturated carbocycles. The fourth-order valence-corrected chi connectivity index (χ4v) is 2.89. The van der Waals surface area contributed by atoms with Gasteiger partial charge in [0.25, 0.3) is 5.91 Å². The van der Waals surface area contributed by atoms with Gasteiger partial charge >= 0.3 is 6.61 Å². The van der Waals surface area contributed by atoms with Crippen molar-refractivity contribution in [2.75, 3.05) is 14.2 Å². The molecule has 2 unspecified atom stereocenters. The summed E-state index contributed by atoms with van der Waals surface area (Å²) in [4.78, 5) is 12.5. The van der Waals surface area contributed by atoms with Crippen LogP contribution in [-0.2, 0) is 0 Å². The Kier molecular flexibility index (Phi) is 5.25. The highest BCUT2D eigenvalue weighted by molar-refractivity contribution is 5.96. The van der Waals surface area contributed by atoms with Crippen molar-refractivity contribution < 1.29 is 27.8 Å². The zero-order chi connectivity index (χ0) is 18.7. The number of halogens is 2. The van der Waals surface area contributed by atoms with Gasteiger partial charge in [-0.25, -0.2) is 0 Å². The van der Waals surface area contributed by atoms with E-state index in [0.717, 1.165) is 6.42 Å². The van der Waals surface area contributed by atoms with Crippen molar-refractivity contribution >= 4 is 5.91 Å². The van der Waals surface area contributed by atoms with Crippen LogP contribution in [0.15, 0.2) is 42.5 Å². The van der Waals surface area contributed by atoms with Gasteiger partial charge < -0.3 is 19.5 Å². The van der Waals surface area contributed by atoms with Gasteiger partial charge in [-0.05, 0) is 24.1 Å². The first-order chi connectivity index (χ1) is 12.5. The number of hydrogen-bond donors (Lipinski definition) is 1. The van der Waals surface area contributed by atoms with Gasteiger partial charge in [0.05, 0.1) is 14.2 Å². The second-order valence-electron chi connectivity index (χ2n) is 5.92. The molecular weight excluding hydrogens is 344 g/mol. The smallest absolute Gasteiger partial charge is 0.387 e. The first-order valence-corrected chi connectivity index (χ1v) is 8.10. The van der Waals surface area contributed by atoms with E-state index in [-0.39, 0.29) is 40.7 Å². The molecule has 138 valence electrons. The molecule has 26 heavy (non-hydrogen) atoms. The third kappa shape index (κ3) is 3.87. The Bertz CT molecular complexity index is 757. The first-order valence-electron chi connectivity index (χ1n) is 8.10. The maximum absolute atomic E-state index is 12.6. The molecule has 2 atom stereocenters. The molecule has 0 aliphatic heterocycles. The number of hydrogen-bond acceptors (Lipinski definition) is 4. The summed E-state index contributed by atoms with van der Waals surface area (Å²) in [6.45, 7) is -3.03. The minimum Gasteiger partial charge on any atom is -0.493 e. The molecule has 2 aromatic rings. The quantitative estimate of drug-likeness (QED) is 0.817. The maximum Gasteiger partial charge on any atom is 0.387 e. The summed E-state index contributed by atoms with van der Waals surface area (Å²) in [5, 5.41) is 2.94. The Morgan fingerprint density at radius 3 is 2.27 bits per heavy atom. The number of carbonyl (C=O) groups excluding carboxylic acids is 1. The van der Waals surface area contributed by atoms with Gasteiger partial charge in [0.1, 0.15) is 0 Å². The summed E-state index contributed by atoms with van der Waals surface area (Å²) >= 11 is 0. The number of alkyl halides is 2. The van der Waals surface area contributed by atoms with Crippen LogP contribution in [-0.4, -0.2) is 32.8 Å². The van der Waals surface area contributed by atoms with E-state index >= 15 is 0 Å². The number of benzene rings is 2. The molecule has 1 fully saturated rings. The van der Waals surface area contributed by atoms with Crippen molar-refractivity contribution in [1.29, 1.82) is 0 Å². The third-order valence-corrected chi connectivity index (χ3v) is 4.26. The normalized spacial score (nSPS) is 18.3. The molecule has 5 nitrogen and oxygen atoms in total. The predicted octanol–water partition coefficient (Wildman–Crippen LogP) is 3.59. The Labute approximate surface area is 149 Å². The molecule has 3 rings (SSSR count).